The molecule has 0 bridgehead atoms. The number of fused-ring (bicyclic) bond motifs is 1. The number of non-ortho nitro benzene ring substituents is 1. The number of nitro groups is 1. The molecule has 5 nitrogen and oxygen atoms in total. The molecular formula is C28H22FN3O2. The molecule has 3 aromatic carbocycles. The summed E-state index contributed by atoms with van der Waals surface area (Å²) >= 11 is 0. The molecular weight excluding hydrogens is 429 g/mol. The number of aromatic nitrogens is 1. The largest absolute Gasteiger partial charge is 0.338 e. The Hall–Kier alpha value is -4.50. The minimum absolute atomic E-state index is 0.0260. The summed E-state index contributed by atoms with van der Waals surface area (Å²) in [7, 11) is 0. The Morgan fingerprint density at radius 1 is 1.06 bits per heavy atom. The molecule has 4 rings (SSSR count). The van der Waals surface area contributed by atoms with Gasteiger partial charge in [0.1, 0.15) is 5.82 Å². The van der Waals surface area contributed by atoms with Gasteiger partial charge in [-0.15, -0.1) is 0 Å². The van der Waals surface area contributed by atoms with E-state index >= 15 is 0 Å². The van der Waals surface area contributed by atoms with E-state index in [-0.39, 0.29) is 17.5 Å². The molecule has 168 valence electrons. The lowest BCUT2D eigenvalue weighted by Crippen LogP contribution is -2.02. The van der Waals surface area contributed by atoms with E-state index < -0.39 is 4.92 Å². The van der Waals surface area contributed by atoms with Gasteiger partial charge in [-0.05, 0) is 67.5 Å². The van der Waals surface area contributed by atoms with Crippen LogP contribution in [0.15, 0.2) is 84.9 Å². The molecule has 0 radical (unpaired) electrons. The standard InChI is InChI=1S/C28H22FN3O2/c1-19(2)31-26-8-4-3-7-25(26)28(21-10-14-23(29)15-11-21)27(31)9-5-6-22(18-30)20-12-16-24(17-13-20)32(33)34/h3-17,19H,1-2H3/b9-5+,22-6+. The molecule has 1 aromatic heterocycles. The van der Waals surface area contributed by atoms with E-state index in [2.05, 4.69) is 36.6 Å². The van der Waals surface area contributed by atoms with E-state index in [0.29, 0.717) is 11.1 Å². The molecule has 0 aliphatic carbocycles. The second-order valence-corrected chi connectivity index (χ2v) is 8.10. The number of nitro benzene ring substituents is 1. The summed E-state index contributed by atoms with van der Waals surface area (Å²) in [5.41, 5.74) is 4.86. The van der Waals surface area contributed by atoms with E-state index in [1.54, 1.807) is 36.4 Å². The van der Waals surface area contributed by atoms with Crippen molar-refractivity contribution in [2.75, 3.05) is 0 Å². The van der Waals surface area contributed by atoms with Crippen LogP contribution in [0, 0.1) is 27.3 Å². The van der Waals surface area contributed by atoms with Crippen LogP contribution in [0.3, 0.4) is 0 Å². The minimum atomic E-state index is -0.471. The lowest BCUT2D eigenvalue weighted by molar-refractivity contribution is -0.384. The normalized spacial score (nSPS) is 11.9. The van der Waals surface area contributed by atoms with Crippen molar-refractivity contribution in [3.63, 3.8) is 0 Å². The van der Waals surface area contributed by atoms with Crippen molar-refractivity contribution in [2.45, 2.75) is 19.9 Å². The van der Waals surface area contributed by atoms with Crippen molar-refractivity contribution in [3.8, 4) is 17.2 Å². The number of nitriles is 1. The molecule has 6 heteroatoms. The van der Waals surface area contributed by atoms with Crippen LogP contribution in [0.5, 0.6) is 0 Å². The smallest absolute Gasteiger partial charge is 0.269 e. The molecule has 4 aromatic rings. The molecule has 0 atom stereocenters. The zero-order chi connectivity index (χ0) is 24.2. The van der Waals surface area contributed by atoms with Gasteiger partial charge in [-0.2, -0.15) is 5.26 Å². The van der Waals surface area contributed by atoms with Crippen molar-refractivity contribution in [2.24, 2.45) is 0 Å². The van der Waals surface area contributed by atoms with Crippen LogP contribution in [0.25, 0.3) is 33.7 Å². The molecule has 0 saturated carbocycles. The Bertz CT molecular complexity index is 1450. The predicted octanol–water partition coefficient (Wildman–Crippen LogP) is 7.56. The first-order valence-corrected chi connectivity index (χ1v) is 10.8. The van der Waals surface area contributed by atoms with Gasteiger partial charge in [0.2, 0.25) is 0 Å². The van der Waals surface area contributed by atoms with E-state index in [9.17, 15) is 19.8 Å². The molecule has 0 aliphatic rings. The summed E-state index contributed by atoms with van der Waals surface area (Å²) in [6, 6.07) is 22.7. The SMILES string of the molecule is CC(C)n1c(/C=C/C=C(\C#N)c2ccc([N+](=O)[O-])cc2)c(-c2ccc(F)cc2)c2ccccc21. The maximum absolute atomic E-state index is 13.6. The van der Waals surface area contributed by atoms with Crippen molar-refractivity contribution in [3.05, 3.63) is 112 Å². The number of para-hydroxylation sites is 1. The second kappa shape index (κ2) is 9.55. The van der Waals surface area contributed by atoms with Crippen LogP contribution in [-0.2, 0) is 0 Å². The molecule has 0 amide bonds. The second-order valence-electron chi connectivity index (χ2n) is 8.10. The molecule has 1 heterocycles. The zero-order valence-corrected chi connectivity index (χ0v) is 18.8. The summed E-state index contributed by atoms with van der Waals surface area (Å²) in [6.45, 7) is 4.21. The topological polar surface area (TPSA) is 71.9 Å². The summed E-state index contributed by atoms with van der Waals surface area (Å²) in [5.74, 6) is -0.293. The maximum Gasteiger partial charge on any atom is 0.269 e. The summed E-state index contributed by atoms with van der Waals surface area (Å²) in [4.78, 5) is 10.4. The number of halogens is 1. The molecule has 0 spiro atoms. The highest BCUT2D eigenvalue weighted by molar-refractivity contribution is 6.01. The molecule has 0 unspecified atom stereocenters. The van der Waals surface area contributed by atoms with E-state index in [1.165, 1.54) is 24.3 Å². The average molecular weight is 452 g/mol. The van der Waals surface area contributed by atoms with Crippen molar-refractivity contribution >= 4 is 28.2 Å². The van der Waals surface area contributed by atoms with Crippen LogP contribution in [0.4, 0.5) is 10.1 Å². The molecule has 0 saturated heterocycles. The Labute approximate surface area is 196 Å². The Morgan fingerprint density at radius 2 is 1.74 bits per heavy atom. The van der Waals surface area contributed by atoms with Crippen LogP contribution in [0.1, 0.15) is 31.1 Å². The van der Waals surface area contributed by atoms with E-state index in [4.69, 9.17) is 0 Å². The fourth-order valence-corrected chi connectivity index (χ4v) is 4.12. The Kier molecular flexibility index (Phi) is 6.37. The predicted molar refractivity (Wildman–Crippen MR) is 133 cm³/mol. The van der Waals surface area contributed by atoms with Gasteiger partial charge in [0.25, 0.3) is 5.69 Å². The highest BCUT2D eigenvalue weighted by Crippen LogP contribution is 2.38. The first kappa shape index (κ1) is 22.7. The van der Waals surface area contributed by atoms with Gasteiger partial charge >= 0.3 is 0 Å². The van der Waals surface area contributed by atoms with Crippen molar-refractivity contribution in [1.82, 2.24) is 4.57 Å². The fourth-order valence-electron chi connectivity index (χ4n) is 4.12. The lowest BCUT2D eigenvalue weighted by atomic mass is 10.0. The van der Waals surface area contributed by atoms with E-state index in [1.807, 2.05) is 18.2 Å². The van der Waals surface area contributed by atoms with E-state index in [0.717, 1.165) is 27.7 Å². The zero-order valence-electron chi connectivity index (χ0n) is 18.8. The van der Waals surface area contributed by atoms with Crippen molar-refractivity contribution in [1.29, 1.82) is 5.26 Å². The number of hydrogen-bond donors (Lipinski definition) is 0. The maximum atomic E-state index is 13.6. The Morgan fingerprint density at radius 3 is 2.35 bits per heavy atom. The fraction of sp³-hybridized carbons (Fsp3) is 0.107. The van der Waals surface area contributed by atoms with Crippen LogP contribution >= 0.6 is 0 Å². The third-order valence-electron chi connectivity index (χ3n) is 5.62. The molecule has 0 fully saturated rings. The van der Waals surface area contributed by atoms with Crippen LogP contribution < -0.4 is 0 Å². The van der Waals surface area contributed by atoms with Gasteiger partial charge in [-0.1, -0.05) is 36.4 Å². The van der Waals surface area contributed by atoms with Crippen LogP contribution in [0.2, 0.25) is 0 Å². The average Bonchev–Trinajstić information content (AvgIpc) is 3.17. The van der Waals surface area contributed by atoms with Gasteiger partial charge in [0.05, 0.1) is 16.6 Å². The lowest BCUT2D eigenvalue weighted by Gasteiger charge is -2.13. The Balaban J connectivity index is 1.84. The van der Waals surface area contributed by atoms with Gasteiger partial charge in [0, 0.05) is 40.3 Å². The molecule has 34 heavy (non-hydrogen) atoms. The highest BCUT2D eigenvalue weighted by Gasteiger charge is 2.18. The first-order valence-electron chi connectivity index (χ1n) is 10.8. The first-order chi connectivity index (χ1) is 16.4. The third-order valence-corrected chi connectivity index (χ3v) is 5.62. The number of benzene rings is 3. The van der Waals surface area contributed by atoms with Gasteiger partial charge in [-0.25, -0.2) is 4.39 Å². The summed E-state index contributed by atoms with van der Waals surface area (Å²) < 4.78 is 15.8. The van der Waals surface area contributed by atoms with Gasteiger partial charge < -0.3 is 4.57 Å². The minimum Gasteiger partial charge on any atom is -0.338 e. The molecule has 0 aliphatic heterocycles. The number of nitrogens with zero attached hydrogens (tertiary/aromatic N) is 3. The van der Waals surface area contributed by atoms with Crippen molar-refractivity contribution < 1.29 is 9.31 Å². The van der Waals surface area contributed by atoms with Gasteiger partial charge in [-0.3, -0.25) is 10.1 Å². The number of rotatable bonds is 6. The summed E-state index contributed by atoms with van der Waals surface area (Å²) in [6.07, 6.45) is 5.44. The highest BCUT2D eigenvalue weighted by atomic mass is 19.1. The number of allylic oxidation sites excluding steroid dienone is 3. The quantitative estimate of drug-likeness (QED) is 0.131. The summed E-state index contributed by atoms with van der Waals surface area (Å²) in [5, 5.41) is 21.6. The molecule has 0 N–H and O–H groups in total. The van der Waals surface area contributed by atoms with Crippen LogP contribution in [-0.4, -0.2) is 9.49 Å². The number of hydrogen-bond acceptors (Lipinski definition) is 3. The third kappa shape index (κ3) is 4.37. The monoisotopic (exact) mass is 451 g/mol. The van der Waals surface area contributed by atoms with Gasteiger partial charge in [0.15, 0.2) is 0 Å².